The van der Waals surface area contributed by atoms with Crippen LogP contribution in [0.2, 0.25) is 0 Å². The molecule has 7 aromatic carbocycles. The largest absolute Gasteiger partial charge is 0.456 e. The van der Waals surface area contributed by atoms with E-state index < -0.39 is 0 Å². The van der Waals surface area contributed by atoms with Crippen molar-refractivity contribution in [2.45, 2.75) is 51.4 Å². The minimum atomic E-state index is -0.383. The Morgan fingerprint density at radius 2 is 1.22 bits per heavy atom. The predicted octanol–water partition coefficient (Wildman–Crippen LogP) is 15.7. The molecule has 0 amide bonds. The average molecular weight is 777 g/mol. The van der Waals surface area contributed by atoms with Crippen LogP contribution in [-0.2, 0) is 17.3 Å². The summed E-state index contributed by atoms with van der Waals surface area (Å²) in [6.45, 7) is 9.50. The number of furan rings is 2. The molecule has 4 nitrogen and oxygen atoms in total. The van der Waals surface area contributed by atoms with Gasteiger partial charge >= 0.3 is 0 Å². The van der Waals surface area contributed by atoms with Crippen molar-refractivity contribution in [2.75, 3.05) is 9.80 Å². The van der Waals surface area contributed by atoms with E-state index in [1.165, 1.54) is 44.5 Å². The number of anilines is 6. The van der Waals surface area contributed by atoms with Gasteiger partial charge in [0.25, 0.3) is 0 Å². The quantitative estimate of drug-likeness (QED) is 0.178. The van der Waals surface area contributed by atoms with Crippen molar-refractivity contribution in [3.8, 4) is 0 Å². The number of aryl methyl sites for hydroxylation is 1. The maximum absolute atomic E-state index is 7.02. The van der Waals surface area contributed by atoms with Gasteiger partial charge in [0.2, 0.25) is 0 Å². The molecule has 0 saturated heterocycles. The lowest BCUT2D eigenvalue weighted by molar-refractivity contribution is 0.594. The zero-order chi connectivity index (χ0) is 40.3. The van der Waals surface area contributed by atoms with Gasteiger partial charge in [-0.1, -0.05) is 119 Å². The van der Waals surface area contributed by atoms with E-state index in [1.54, 1.807) is 0 Å². The summed E-state index contributed by atoms with van der Waals surface area (Å²) in [5.74, 6) is 0.994. The molecule has 12 rings (SSSR count). The molecule has 0 bridgehead atoms. The van der Waals surface area contributed by atoms with Crippen molar-refractivity contribution in [1.82, 2.24) is 0 Å². The van der Waals surface area contributed by atoms with Crippen LogP contribution in [0.25, 0.3) is 51.1 Å². The van der Waals surface area contributed by atoms with E-state index in [0.29, 0.717) is 0 Å². The van der Waals surface area contributed by atoms with Crippen LogP contribution in [0.3, 0.4) is 0 Å². The molecule has 0 spiro atoms. The van der Waals surface area contributed by atoms with Crippen LogP contribution in [0.4, 0.5) is 34.1 Å². The van der Waals surface area contributed by atoms with Gasteiger partial charge in [-0.25, -0.2) is 0 Å². The highest BCUT2D eigenvalue weighted by Gasteiger charge is 2.40. The summed E-state index contributed by atoms with van der Waals surface area (Å²) >= 11 is 0. The molecule has 0 N–H and O–H groups in total. The maximum atomic E-state index is 7.02. The van der Waals surface area contributed by atoms with Crippen LogP contribution >= 0.6 is 0 Å². The van der Waals surface area contributed by atoms with E-state index in [2.05, 4.69) is 207 Å². The molecule has 0 fully saturated rings. The average Bonchev–Trinajstić information content (AvgIpc) is 3.82. The Bertz CT molecular complexity index is 3230. The lowest BCUT2D eigenvalue weighted by Gasteiger charge is -2.43. The summed E-state index contributed by atoms with van der Waals surface area (Å²) in [5, 5.41) is 3.44. The molecule has 4 heteroatoms. The molecular weight excluding hydrogens is 733 g/mol. The normalized spacial score (nSPS) is 15.6. The number of para-hydroxylation sites is 4. The number of rotatable bonds is 4. The molecule has 0 saturated carbocycles. The zero-order valence-corrected chi connectivity index (χ0v) is 34.3. The number of hydrogen-bond acceptors (Lipinski definition) is 4. The van der Waals surface area contributed by atoms with Gasteiger partial charge in [-0.2, -0.15) is 0 Å². The fourth-order valence-corrected chi connectivity index (χ4v) is 10.5. The van der Waals surface area contributed by atoms with Crippen molar-refractivity contribution >= 4 is 85.3 Å². The first-order valence-electron chi connectivity index (χ1n) is 21.1. The zero-order valence-electron chi connectivity index (χ0n) is 34.3. The van der Waals surface area contributed by atoms with Gasteiger partial charge in [0.05, 0.1) is 22.4 Å². The molecule has 290 valence electrons. The lowest BCUT2D eigenvalue weighted by Crippen LogP contribution is -2.31. The Morgan fingerprint density at radius 1 is 0.517 bits per heavy atom. The molecule has 60 heavy (non-hydrogen) atoms. The van der Waals surface area contributed by atoms with E-state index in [-0.39, 0.29) is 10.8 Å². The second kappa shape index (κ2) is 12.7. The van der Waals surface area contributed by atoms with Crippen LogP contribution in [0, 0.1) is 0 Å². The van der Waals surface area contributed by atoms with E-state index >= 15 is 0 Å². The van der Waals surface area contributed by atoms with Crippen molar-refractivity contribution < 1.29 is 8.83 Å². The third kappa shape index (κ3) is 4.97. The van der Waals surface area contributed by atoms with Gasteiger partial charge in [-0.05, 0) is 120 Å². The monoisotopic (exact) mass is 776 g/mol. The first-order valence-corrected chi connectivity index (χ1v) is 21.1. The lowest BCUT2D eigenvalue weighted by atomic mass is 9.72. The van der Waals surface area contributed by atoms with Gasteiger partial charge in [0, 0.05) is 49.8 Å². The summed E-state index contributed by atoms with van der Waals surface area (Å²) in [7, 11) is 0. The van der Waals surface area contributed by atoms with Gasteiger partial charge in [-0.3, -0.25) is 0 Å². The van der Waals surface area contributed by atoms with Crippen molar-refractivity contribution in [2.24, 2.45) is 0 Å². The summed E-state index contributed by atoms with van der Waals surface area (Å²) < 4.78 is 13.5. The first kappa shape index (κ1) is 35.0. The number of allylic oxidation sites excluding steroid dienone is 1. The molecular formula is C56H44N2O2. The van der Waals surface area contributed by atoms with Gasteiger partial charge in [0.15, 0.2) is 0 Å². The molecule has 0 atom stereocenters. The number of hydrogen-bond donors (Lipinski definition) is 0. The molecule has 0 radical (unpaired) electrons. The number of benzene rings is 7. The summed E-state index contributed by atoms with van der Waals surface area (Å²) in [5.41, 5.74) is 17.5. The fourth-order valence-electron chi connectivity index (χ4n) is 10.5. The Kier molecular flexibility index (Phi) is 7.41. The minimum absolute atomic E-state index is 0.300. The molecule has 3 heterocycles. The molecule has 3 aliphatic rings. The van der Waals surface area contributed by atoms with E-state index in [1.807, 2.05) is 0 Å². The second-order valence-electron chi connectivity index (χ2n) is 17.6. The van der Waals surface area contributed by atoms with Crippen LogP contribution in [0.15, 0.2) is 161 Å². The Labute approximate surface area is 350 Å². The van der Waals surface area contributed by atoms with Gasteiger partial charge in [-0.15, -0.1) is 0 Å². The molecule has 9 aromatic rings. The smallest absolute Gasteiger partial charge is 0.145 e. The molecule has 0 unspecified atom stereocenters. The van der Waals surface area contributed by atoms with E-state index in [0.717, 1.165) is 80.1 Å². The van der Waals surface area contributed by atoms with Crippen LogP contribution in [0.5, 0.6) is 0 Å². The topological polar surface area (TPSA) is 32.8 Å². The number of nitrogens with zero attached hydrogens (tertiary/aromatic N) is 2. The van der Waals surface area contributed by atoms with Gasteiger partial charge in [0.1, 0.15) is 22.5 Å². The van der Waals surface area contributed by atoms with Crippen molar-refractivity contribution in [3.05, 3.63) is 196 Å². The second-order valence-corrected chi connectivity index (χ2v) is 17.6. The maximum Gasteiger partial charge on any atom is 0.145 e. The van der Waals surface area contributed by atoms with E-state index in [9.17, 15) is 0 Å². The highest BCUT2D eigenvalue weighted by atomic mass is 16.3. The van der Waals surface area contributed by atoms with Crippen LogP contribution < -0.4 is 9.80 Å². The van der Waals surface area contributed by atoms with Gasteiger partial charge < -0.3 is 18.6 Å². The fraction of sp³-hybridized carbons (Fsp3) is 0.143. The van der Waals surface area contributed by atoms with Crippen LogP contribution in [-0.4, -0.2) is 0 Å². The summed E-state index contributed by atoms with van der Waals surface area (Å²) in [6, 6.07) is 53.0. The standard InChI is InChI=1S/C56H44N2O2/c1-55(2)43-23-13-14-24-47(43)58(48-30-28-38(32-46(48)55)57(36-17-7-5-8-18-36)37-19-9-6-10-20-37)49-34-45-40(54-53(49)41-22-12-16-26-51(41)60-54)29-27-35-31-52-42(33-44(35)56(45,3)4)39-21-11-15-25-50(39)59-52/h5-10,12-20,22-34H,11,21H2,1-4H3. The van der Waals surface area contributed by atoms with Crippen molar-refractivity contribution in [1.29, 1.82) is 0 Å². The third-order valence-electron chi connectivity index (χ3n) is 13.5. The molecule has 1 aliphatic heterocycles. The van der Waals surface area contributed by atoms with Crippen LogP contribution in [0.1, 0.15) is 78.8 Å². The molecule has 2 aliphatic carbocycles. The minimum Gasteiger partial charge on any atom is -0.456 e. The Hall–Kier alpha value is -7.04. The highest BCUT2D eigenvalue weighted by Crippen LogP contribution is 2.57. The van der Waals surface area contributed by atoms with Crippen molar-refractivity contribution in [3.63, 3.8) is 0 Å². The summed E-state index contributed by atoms with van der Waals surface area (Å²) in [4.78, 5) is 4.88. The Balaban J connectivity index is 1.13. The summed E-state index contributed by atoms with van der Waals surface area (Å²) in [6.07, 6.45) is 10.9. The SMILES string of the molecule is CC1(C)c2ccccc2N(c2cc3c(c4oc5ccccc5c24)C=Cc2cc4oc5c(c4cc2C3(C)C)CCC=C5)c2ccc(N(c3ccccc3)c3ccccc3)cc21. The van der Waals surface area contributed by atoms with E-state index in [4.69, 9.17) is 8.83 Å². The first-order chi connectivity index (χ1) is 29.3. The number of fused-ring (bicyclic) bond motifs is 11. The Morgan fingerprint density at radius 3 is 2.02 bits per heavy atom. The molecule has 2 aromatic heterocycles. The highest BCUT2D eigenvalue weighted by molar-refractivity contribution is 6.17. The predicted molar refractivity (Wildman–Crippen MR) is 250 cm³/mol. The third-order valence-corrected chi connectivity index (χ3v) is 13.5.